The highest BCUT2D eigenvalue weighted by Gasteiger charge is 2.53. The first-order valence-electron chi connectivity index (χ1n) is 8.65. The van der Waals surface area contributed by atoms with Gasteiger partial charge in [0.2, 0.25) is 11.9 Å². The first-order valence-corrected chi connectivity index (χ1v) is 9.03. The molecule has 1 aromatic carbocycles. The second kappa shape index (κ2) is 6.52. The van der Waals surface area contributed by atoms with Crippen LogP contribution < -0.4 is 0 Å². The predicted octanol–water partition coefficient (Wildman–Crippen LogP) is 0.887. The minimum atomic E-state index is -0.707. The average molecular weight is 402 g/mol. The van der Waals surface area contributed by atoms with Crippen molar-refractivity contribution in [1.82, 2.24) is 14.8 Å². The third kappa shape index (κ3) is 2.78. The highest BCUT2D eigenvalue weighted by atomic mass is 35.5. The van der Waals surface area contributed by atoms with Gasteiger partial charge < -0.3 is 0 Å². The molecule has 0 N–H and O–H groups in total. The number of carbonyl (C=O) groups excluding carboxylic acids is 3. The number of aliphatic imine (C=N–C) groups is 1. The van der Waals surface area contributed by atoms with Gasteiger partial charge in [-0.05, 0) is 31.2 Å². The molecule has 1 atom stereocenters. The maximum absolute atomic E-state index is 12.7. The lowest BCUT2D eigenvalue weighted by Crippen LogP contribution is -2.62. The second-order valence-electron chi connectivity index (χ2n) is 6.86. The lowest BCUT2D eigenvalue weighted by Gasteiger charge is -2.32. The Labute approximate surface area is 166 Å². The first-order chi connectivity index (χ1) is 13.3. The van der Waals surface area contributed by atoms with Crippen molar-refractivity contribution < 1.29 is 19.0 Å². The number of hydrogen-bond acceptors (Lipinski definition) is 6. The van der Waals surface area contributed by atoms with Crippen molar-refractivity contribution in [2.75, 3.05) is 27.2 Å². The number of likely N-dealkylation sites (N-methyl/N-ethyl adjacent to an activating group) is 2. The summed E-state index contributed by atoms with van der Waals surface area (Å²) >= 11 is 5.88. The van der Waals surface area contributed by atoms with Gasteiger partial charge in [-0.25, -0.2) is 9.37 Å². The summed E-state index contributed by atoms with van der Waals surface area (Å²) in [7, 11) is 3.02. The molecule has 0 bridgehead atoms. The van der Waals surface area contributed by atoms with Crippen molar-refractivity contribution in [2.24, 2.45) is 10.1 Å². The molecule has 0 aromatic heterocycles. The molecule has 3 heterocycles. The van der Waals surface area contributed by atoms with Gasteiger partial charge in [0.1, 0.15) is 6.54 Å². The lowest BCUT2D eigenvalue weighted by molar-refractivity contribution is -0.527. The van der Waals surface area contributed by atoms with E-state index >= 15 is 0 Å². The molecule has 10 heteroatoms. The van der Waals surface area contributed by atoms with Gasteiger partial charge in [-0.1, -0.05) is 16.6 Å². The van der Waals surface area contributed by atoms with Crippen LogP contribution in [-0.2, 0) is 4.79 Å². The predicted molar refractivity (Wildman–Crippen MR) is 103 cm³/mol. The summed E-state index contributed by atoms with van der Waals surface area (Å²) in [4.78, 5) is 44.6. The summed E-state index contributed by atoms with van der Waals surface area (Å²) in [6.07, 6.45) is 0. The van der Waals surface area contributed by atoms with Gasteiger partial charge in [-0.3, -0.25) is 19.4 Å². The SMILES string of the molecule is CC1=NN(CC(=O)c2ccc(Cl)cc2)C2=[N+](C1)C1C(=O)N(C)C(=O)N(C)C1=N2. The zero-order chi connectivity index (χ0) is 20.2. The van der Waals surface area contributed by atoms with Crippen molar-refractivity contribution in [1.29, 1.82) is 0 Å². The molecule has 4 rings (SSSR count). The number of benzene rings is 1. The largest absolute Gasteiger partial charge is 0.417 e. The van der Waals surface area contributed by atoms with E-state index in [2.05, 4.69) is 10.1 Å². The Morgan fingerprint density at radius 2 is 1.89 bits per heavy atom. The Kier molecular flexibility index (Phi) is 4.26. The van der Waals surface area contributed by atoms with Crippen LogP contribution in [0.4, 0.5) is 4.79 Å². The molecule has 3 aliphatic heterocycles. The van der Waals surface area contributed by atoms with Gasteiger partial charge in [-0.15, -0.1) is 10.1 Å². The molecular weight excluding hydrogens is 384 g/mol. The molecule has 1 fully saturated rings. The Bertz CT molecular complexity index is 997. The monoisotopic (exact) mass is 401 g/mol. The number of Topliss-reactive ketones (excluding diaryl/α,β-unsaturated/α-hetero) is 1. The van der Waals surface area contributed by atoms with Crippen molar-refractivity contribution in [3.63, 3.8) is 0 Å². The molecular formula is C18H18ClN6O3+. The van der Waals surface area contributed by atoms with E-state index in [1.54, 1.807) is 35.9 Å². The summed E-state index contributed by atoms with van der Waals surface area (Å²) in [5.41, 5.74) is 1.24. The highest BCUT2D eigenvalue weighted by molar-refractivity contribution is 6.30. The van der Waals surface area contributed by atoms with Gasteiger partial charge in [0, 0.05) is 24.7 Å². The second-order valence-corrected chi connectivity index (χ2v) is 7.30. The molecule has 144 valence electrons. The maximum Gasteiger partial charge on any atom is 0.417 e. The quantitative estimate of drug-likeness (QED) is 0.555. The Morgan fingerprint density at radius 1 is 1.21 bits per heavy atom. The summed E-state index contributed by atoms with van der Waals surface area (Å²) < 4.78 is 1.77. The molecule has 0 aliphatic carbocycles. The third-order valence-electron chi connectivity index (χ3n) is 4.89. The summed E-state index contributed by atoms with van der Waals surface area (Å²) in [6.45, 7) is 2.16. The Morgan fingerprint density at radius 3 is 2.57 bits per heavy atom. The molecule has 3 amide bonds. The molecule has 28 heavy (non-hydrogen) atoms. The van der Waals surface area contributed by atoms with Crippen LogP contribution in [0.25, 0.3) is 0 Å². The average Bonchev–Trinajstić information content (AvgIpc) is 3.04. The van der Waals surface area contributed by atoms with E-state index in [9.17, 15) is 14.4 Å². The van der Waals surface area contributed by atoms with E-state index in [0.29, 0.717) is 28.9 Å². The van der Waals surface area contributed by atoms with Crippen LogP contribution in [0.5, 0.6) is 0 Å². The molecule has 1 aromatic rings. The number of halogens is 1. The van der Waals surface area contributed by atoms with Gasteiger partial charge in [0.25, 0.3) is 5.91 Å². The number of hydrazone groups is 1. The first kappa shape index (κ1) is 18.3. The van der Waals surface area contributed by atoms with E-state index in [-0.39, 0.29) is 18.2 Å². The number of nitrogens with zero attached hydrogens (tertiary/aromatic N) is 6. The number of guanidine groups is 1. The third-order valence-corrected chi connectivity index (χ3v) is 5.14. The van der Waals surface area contributed by atoms with Crippen LogP contribution in [-0.4, -0.2) is 87.8 Å². The molecule has 1 saturated heterocycles. The number of fused-ring (bicyclic) bond motifs is 2. The fourth-order valence-electron chi connectivity index (χ4n) is 3.45. The van der Waals surface area contributed by atoms with E-state index in [1.165, 1.54) is 17.0 Å². The smallest absolute Gasteiger partial charge is 0.290 e. The normalized spacial score (nSPS) is 21.6. The fraction of sp³-hybridized carbons (Fsp3) is 0.333. The van der Waals surface area contributed by atoms with Gasteiger partial charge in [-0.2, -0.15) is 0 Å². The van der Waals surface area contributed by atoms with E-state index in [4.69, 9.17) is 11.6 Å². The Hall–Kier alpha value is -3.07. The molecule has 0 saturated carbocycles. The minimum absolute atomic E-state index is 0.0456. The van der Waals surface area contributed by atoms with Gasteiger partial charge >= 0.3 is 12.0 Å². The van der Waals surface area contributed by atoms with E-state index in [1.807, 2.05) is 6.92 Å². The fourth-order valence-corrected chi connectivity index (χ4v) is 3.58. The zero-order valence-electron chi connectivity index (χ0n) is 15.6. The van der Waals surface area contributed by atoms with Crippen LogP contribution in [0.3, 0.4) is 0 Å². The van der Waals surface area contributed by atoms with Crippen LogP contribution in [0, 0.1) is 0 Å². The summed E-state index contributed by atoms with van der Waals surface area (Å²) in [5.74, 6) is 0.217. The number of rotatable bonds is 3. The lowest BCUT2D eigenvalue weighted by atomic mass is 10.1. The van der Waals surface area contributed by atoms with E-state index in [0.717, 1.165) is 10.6 Å². The molecule has 1 unspecified atom stereocenters. The van der Waals surface area contributed by atoms with Gasteiger partial charge in [0.05, 0.1) is 5.71 Å². The zero-order valence-corrected chi connectivity index (χ0v) is 16.3. The molecule has 0 radical (unpaired) electrons. The summed E-state index contributed by atoms with van der Waals surface area (Å²) in [5, 5.41) is 6.47. The molecule has 3 aliphatic rings. The Balaban J connectivity index is 1.67. The van der Waals surface area contributed by atoms with Crippen molar-refractivity contribution >= 4 is 46.8 Å². The number of hydrogen-bond donors (Lipinski definition) is 0. The van der Waals surface area contributed by atoms with Crippen LogP contribution in [0.1, 0.15) is 17.3 Å². The van der Waals surface area contributed by atoms with E-state index < -0.39 is 12.1 Å². The molecule has 9 nitrogen and oxygen atoms in total. The van der Waals surface area contributed by atoms with Crippen molar-refractivity contribution in [3.8, 4) is 0 Å². The summed E-state index contributed by atoms with van der Waals surface area (Å²) in [6, 6.07) is 5.46. The number of amides is 3. The number of imide groups is 1. The topological polar surface area (TPSA) is 88.7 Å². The number of urea groups is 1. The molecule has 0 spiro atoms. The number of ketones is 1. The van der Waals surface area contributed by atoms with Crippen LogP contribution >= 0.6 is 11.6 Å². The maximum atomic E-state index is 12.7. The number of carbonyl (C=O) groups is 3. The van der Waals surface area contributed by atoms with Crippen LogP contribution in [0.15, 0.2) is 34.4 Å². The van der Waals surface area contributed by atoms with Crippen LogP contribution in [0.2, 0.25) is 5.02 Å². The van der Waals surface area contributed by atoms with Gasteiger partial charge in [0.15, 0.2) is 12.3 Å². The van der Waals surface area contributed by atoms with Crippen molar-refractivity contribution in [3.05, 3.63) is 34.9 Å². The number of amidine groups is 1. The minimum Gasteiger partial charge on any atom is -0.290 e. The standard InChI is InChI=1S/C18H18ClN6O3/c1-10-8-24-14-15(22(2)18(28)23(3)16(14)27)20-17(24)25(21-10)9-13(26)11-4-6-12(19)7-5-11/h4-7,14H,8-9H2,1-3H3/q+1. The van der Waals surface area contributed by atoms with Crippen molar-refractivity contribution in [2.45, 2.75) is 13.0 Å². The highest BCUT2D eigenvalue weighted by Crippen LogP contribution is 2.22.